The summed E-state index contributed by atoms with van der Waals surface area (Å²) in [5, 5.41) is 6.62. The van der Waals surface area contributed by atoms with E-state index in [4.69, 9.17) is 0 Å². The van der Waals surface area contributed by atoms with Crippen molar-refractivity contribution in [3.63, 3.8) is 0 Å². The molecule has 23 heavy (non-hydrogen) atoms. The quantitative estimate of drug-likeness (QED) is 0.423. The van der Waals surface area contributed by atoms with Crippen molar-refractivity contribution >= 4 is 29.9 Å². The molecule has 0 spiro atoms. The van der Waals surface area contributed by atoms with Gasteiger partial charge in [0.05, 0.1) is 6.04 Å². The van der Waals surface area contributed by atoms with Crippen LogP contribution >= 0.6 is 24.0 Å². The second-order valence-electron chi connectivity index (χ2n) is 6.51. The number of likely N-dealkylation sites (N-methyl/N-ethyl adjacent to an activating group) is 1. The smallest absolute Gasteiger partial charge is 0.191 e. The van der Waals surface area contributed by atoms with Crippen LogP contribution in [0.15, 0.2) is 23.2 Å². The van der Waals surface area contributed by atoms with Crippen molar-refractivity contribution in [3.05, 3.63) is 35.1 Å². The summed E-state index contributed by atoms with van der Waals surface area (Å²) in [7, 11) is 5.84. The zero-order valence-electron chi connectivity index (χ0n) is 15.2. The molecule has 0 aromatic heterocycles. The summed E-state index contributed by atoms with van der Waals surface area (Å²) in [5.41, 5.74) is 1.57. The van der Waals surface area contributed by atoms with Crippen LogP contribution in [0.5, 0.6) is 0 Å². The van der Waals surface area contributed by atoms with E-state index in [9.17, 15) is 4.39 Å². The molecule has 1 rings (SSSR count). The SMILES string of the molecule is CN=C(NCC(C)(C)N(C)C)NC(C)c1ccc(C)c(F)c1.I. The Hall–Kier alpha value is -0.890. The molecule has 0 heterocycles. The number of aryl methyl sites for hydroxylation is 1. The van der Waals surface area contributed by atoms with Crippen LogP contribution < -0.4 is 10.6 Å². The molecule has 1 aromatic carbocycles. The first-order valence-corrected chi connectivity index (χ1v) is 7.58. The van der Waals surface area contributed by atoms with Crippen molar-refractivity contribution in [2.75, 3.05) is 27.7 Å². The highest BCUT2D eigenvalue weighted by molar-refractivity contribution is 14.0. The van der Waals surface area contributed by atoms with E-state index in [-0.39, 0.29) is 41.4 Å². The van der Waals surface area contributed by atoms with Crippen LogP contribution in [0.4, 0.5) is 4.39 Å². The molecular formula is C17H30FIN4. The van der Waals surface area contributed by atoms with Gasteiger partial charge in [0.2, 0.25) is 0 Å². The van der Waals surface area contributed by atoms with Gasteiger partial charge in [-0.3, -0.25) is 4.99 Å². The third kappa shape index (κ3) is 6.63. The summed E-state index contributed by atoms with van der Waals surface area (Å²) >= 11 is 0. The maximum absolute atomic E-state index is 13.7. The third-order valence-electron chi connectivity index (χ3n) is 4.17. The largest absolute Gasteiger partial charge is 0.355 e. The van der Waals surface area contributed by atoms with Gasteiger partial charge in [-0.15, -0.1) is 24.0 Å². The Morgan fingerprint density at radius 2 is 1.96 bits per heavy atom. The molecule has 0 fully saturated rings. The van der Waals surface area contributed by atoms with Crippen molar-refractivity contribution in [1.82, 2.24) is 15.5 Å². The van der Waals surface area contributed by atoms with E-state index < -0.39 is 0 Å². The molecule has 0 aliphatic carbocycles. The van der Waals surface area contributed by atoms with E-state index in [1.165, 1.54) is 0 Å². The van der Waals surface area contributed by atoms with Gasteiger partial charge in [-0.05, 0) is 59.0 Å². The lowest BCUT2D eigenvalue weighted by atomic mass is 10.0. The van der Waals surface area contributed by atoms with Gasteiger partial charge in [0.25, 0.3) is 0 Å². The molecule has 0 bridgehead atoms. The first-order chi connectivity index (χ1) is 10.2. The van der Waals surface area contributed by atoms with E-state index in [2.05, 4.69) is 48.5 Å². The van der Waals surface area contributed by atoms with Crippen molar-refractivity contribution in [1.29, 1.82) is 0 Å². The van der Waals surface area contributed by atoms with E-state index in [0.29, 0.717) is 11.5 Å². The van der Waals surface area contributed by atoms with E-state index >= 15 is 0 Å². The molecule has 0 amide bonds. The Bertz CT molecular complexity index is 529. The van der Waals surface area contributed by atoms with Crippen LogP contribution in [0, 0.1) is 12.7 Å². The van der Waals surface area contributed by atoms with Gasteiger partial charge in [0.1, 0.15) is 5.82 Å². The highest BCUT2D eigenvalue weighted by atomic mass is 127. The van der Waals surface area contributed by atoms with Gasteiger partial charge in [-0.25, -0.2) is 4.39 Å². The van der Waals surface area contributed by atoms with Gasteiger partial charge in [-0.2, -0.15) is 0 Å². The second kappa shape index (κ2) is 9.42. The summed E-state index contributed by atoms with van der Waals surface area (Å²) < 4.78 is 13.7. The molecule has 4 nitrogen and oxygen atoms in total. The molecule has 0 saturated carbocycles. The molecular weight excluding hydrogens is 406 g/mol. The molecule has 1 unspecified atom stereocenters. The van der Waals surface area contributed by atoms with Gasteiger partial charge in [-0.1, -0.05) is 12.1 Å². The zero-order chi connectivity index (χ0) is 16.9. The average molecular weight is 436 g/mol. The number of hydrogen-bond acceptors (Lipinski definition) is 2. The summed E-state index contributed by atoms with van der Waals surface area (Å²) in [6, 6.07) is 5.29. The number of halogens is 2. The van der Waals surface area contributed by atoms with Crippen molar-refractivity contribution in [2.24, 2.45) is 4.99 Å². The van der Waals surface area contributed by atoms with Crippen molar-refractivity contribution < 1.29 is 4.39 Å². The van der Waals surface area contributed by atoms with E-state index in [0.717, 1.165) is 12.1 Å². The van der Waals surface area contributed by atoms with Crippen molar-refractivity contribution in [2.45, 2.75) is 39.3 Å². The predicted molar refractivity (Wildman–Crippen MR) is 107 cm³/mol. The maximum Gasteiger partial charge on any atom is 0.191 e. The molecule has 0 aliphatic rings. The number of guanidine groups is 1. The lowest BCUT2D eigenvalue weighted by Crippen LogP contribution is -2.51. The van der Waals surface area contributed by atoms with Crippen LogP contribution in [-0.4, -0.2) is 44.1 Å². The lowest BCUT2D eigenvalue weighted by molar-refractivity contribution is 0.197. The first kappa shape index (κ1) is 22.1. The normalized spacial score (nSPS) is 13.5. The molecule has 0 saturated heterocycles. The van der Waals surface area contributed by atoms with E-state index in [1.807, 2.05) is 13.0 Å². The number of rotatable bonds is 5. The molecule has 132 valence electrons. The van der Waals surface area contributed by atoms with Crippen LogP contribution in [0.3, 0.4) is 0 Å². The Kier molecular flexibility index (Phi) is 9.05. The standard InChI is InChI=1S/C17H29FN4.HI/c1-12-8-9-14(10-15(12)18)13(2)21-16(19-5)20-11-17(3,4)22(6)7;/h8-10,13H,11H2,1-7H3,(H2,19,20,21);1H. The fourth-order valence-corrected chi connectivity index (χ4v) is 1.82. The van der Waals surface area contributed by atoms with Gasteiger partial charge in [0.15, 0.2) is 5.96 Å². The number of nitrogens with zero attached hydrogens (tertiary/aromatic N) is 2. The number of nitrogens with one attached hydrogen (secondary N) is 2. The minimum Gasteiger partial charge on any atom is -0.355 e. The minimum absolute atomic E-state index is 0. The molecule has 0 aliphatic heterocycles. The summed E-state index contributed by atoms with van der Waals surface area (Å²) in [4.78, 5) is 6.40. The molecule has 1 atom stereocenters. The molecule has 0 radical (unpaired) electrons. The van der Waals surface area contributed by atoms with E-state index in [1.54, 1.807) is 26.1 Å². The van der Waals surface area contributed by atoms with Crippen LogP contribution in [0.1, 0.15) is 37.9 Å². The van der Waals surface area contributed by atoms with Gasteiger partial charge >= 0.3 is 0 Å². The summed E-state index contributed by atoms with van der Waals surface area (Å²) in [5.74, 6) is 0.534. The van der Waals surface area contributed by atoms with Gasteiger partial charge < -0.3 is 15.5 Å². The predicted octanol–water partition coefficient (Wildman–Crippen LogP) is 3.32. The van der Waals surface area contributed by atoms with Crippen molar-refractivity contribution in [3.8, 4) is 0 Å². The van der Waals surface area contributed by atoms with Crippen LogP contribution in [0.25, 0.3) is 0 Å². The highest BCUT2D eigenvalue weighted by Crippen LogP contribution is 2.16. The second-order valence-corrected chi connectivity index (χ2v) is 6.51. The fourth-order valence-electron chi connectivity index (χ4n) is 1.82. The molecule has 1 aromatic rings. The number of hydrogen-bond donors (Lipinski definition) is 2. The zero-order valence-corrected chi connectivity index (χ0v) is 17.5. The highest BCUT2D eigenvalue weighted by Gasteiger charge is 2.21. The topological polar surface area (TPSA) is 39.7 Å². The number of benzene rings is 1. The Morgan fingerprint density at radius 1 is 1.35 bits per heavy atom. The minimum atomic E-state index is -0.178. The Labute approximate surface area is 157 Å². The third-order valence-corrected chi connectivity index (χ3v) is 4.17. The lowest BCUT2D eigenvalue weighted by Gasteiger charge is -2.33. The first-order valence-electron chi connectivity index (χ1n) is 7.58. The summed E-state index contributed by atoms with van der Waals surface area (Å²) in [6.45, 7) is 8.84. The monoisotopic (exact) mass is 436 g/mol. The Balaban J connectivity index is 0.00000484. The summed E-state index contributed by atoms with van der Waals surface area (Å²) in [6.07, 6.45) is 0. The van der Waals surface area contributed by atoms with Gasteiger partial charge in [0, 0.05) is 19.1 Å². The molecule has 6 heteroatoms. The van der Waals surface area contributed by atoms with Crippen LogP contribution in [0.2, 0.25) is 0 Å². The number of aliphatic imine (C=N–C) groups is 1. The molecule has 2 N–H and O–H groups in total. The maximum atomic E-state index is 13.7. The fraction of sp³-hybridized carbons (Fsp3) is 0.588. The average Bonchev–Trinajstić information content (AvgIpc) is 2.45. The Morgan fingerprint density at radius 3 is 2.43 bits per heavy atom. The van der Waals surface area contributed by atoms with Crippen LogP contribution in [-0.2, 0) is 0 Å².